The molecule has 3 heteroatoms. The minimum Gasteiger partial charge on any atom is -0.240 e. The molecule has 0 aliphatic heterocycles. The van der Waals surface area contributed by atoms with Gasteiger partial charge in [0.2, 0.25) is 0 Å². The average molecular weight is 146 g/mol. The Kier molecular flexibility index (Phi) is 2.56. The van der Waals surface area contributed by atoms with E-state index in [1.165, 1.54) is 0 Å². The van der Waals surface area contributed by atoms with Crippen LogP contribution >= 0.6 is 0 Å². The first kappa shape index (κ1) is 7.67. The van der Waals surface area contributed by atoms with Crippen LogP contribution in [0.25, 0.3) is 0 Å². The Labute approximate surface area is 65.7 Å². The summed E-state index contributed by atoms with van der Waals surface area (Å²) in [5, 5.41) is 8.34. The van der Waals surface area contributed by atoms with Crippen LogP contribution in [0.4, 0.5) is 0 Å². The van der Waals surface area contributed by atoms with E-state index >= 15 is 0 Å². The van der Waals surface area contributed by atoms with Crippen molar-refractivity contribution in [3.05, 3.63) is 23.8 Å². The van der Waals surface area contributed by atoms with E-state index in [2.05, 4.69) is 16.0 Å². The van der Waals surface area contributed by atoms with Gasteiger partial charge < -0.3 is 0 Å². The Balaban J connectivity index is 2.84. The maximum atomic E-state index is 8.34. The zero-order valence-electron chi connectivity index (χ0n) is 6.33. The molecule has 0 bridgehead atoms. The second kappa shape index (κ2) is 3.67. The van der Waals surface area contributed by atoms with Crippen LogP contribution in [0.3, 0.4) is 0 Å². The van der Waals surface area contributed by atoms with Crippen LogP contribution in [-0.4, -0.2) is 9.97 Å². The lowest BCUT2D eigenvalue weighted by Crippen LogP contribution is -1.96. The first-order valence-electron chi connectivity index (χ1n) is 3.46. The minimum absolute atomic E-state index is 0.279. The fourth-order valence-corrected chi connectivity index (χ4v) is 0.735. The Morgan fingerprint density at radius 2 is 2.55 bits per heavy atom. The molecule has 0 amide bonds. The number of rotatable bonds is 2. The molecule has 11 heavy (non-hydrogen) atoms. The highest BCUT2D eigenvalue weighted by Gasteiger charge is 1.95. The molecule has 3 nitrogen and oxygen atoms in total. The van der Waals surface area contributed by atoms with Crippen molar-refractivity contribution in [1.82, 2.24) is 9.97 Å². The van der Waals surface area contributed by atoms with Gasteiger partial charge in [0.1, 0.15) is 5.82 Å². The van der Waals surface area contributed by atoms with Crippen molar-refractivity contribution in [2.75, 3.05) is 0 Å². The summed E-state index contributed by atoms with van der Waals surface area (Å²) < 4.78 is 0. The molecule has 0 fully saturated rings. The summed E-state index contributed by atoms with van der Waals surface area (Å²) >= 11 is 0. The van der Waals surface area contributed by atoms with E-state index in [9.17, 15) is 0 Å². The maximum Gasteiger partial charge on any atom is 0.142 e. The topological polar surface area (TPSA) is 49.6 Å². The first-order valence-corrected chi connectivity index (χ1v) is 3.46. The largest absolute Gasteiger partial charge is 0.240 e. The smallest absolute Gasteiger partial charge is 0.142 e. The molecular weight excluding hydrogens is 138 g/mol. The van der Waals surface area contributed by atoms with Crippen molar-refractivity contribution < 1.29 is 0 Å². The average Bonchev–Trinajstić information content (AvgIpc) is 2.06. The number of hydrogen-bond donors (Lipinski definition) is 0. The van der Waals surface area contributed by atoms with Crippen LogP contribution in [0.1, 0.15) is 18.4 Å². The fraction of sp³-hybridized carbons (Fsp3) is 0.375. The van der Waals surface area contributed by atoms with Gasteiger partial charge in [-0.2, -0.15) is 5.26 Å². The van der Waals surface area contributed by atoms with Gasteiger partial charge in [0.15, 0.2) is 0 Å². The highest BCUT2D eigenvalue weighted by Crippen LogP contribution is 1.95. The van der Waals surface area contributed by atoms with Crippen LogP contribution in [0, 0.1) is 17.4 Å². The highest BCUT2D eigenvalue weighted by atomic mass is 14.9. The monoisotopic (exact) mass is 146 g/mol. The third kappa shape index (κ3) is 2.01. The Bertz CT molecular complexity index is 275. The second-order valence-corrected chi connectivity index (χ2v) is 2.07. The number of nitrogens with zero attached hydrogens (tertiary/aromatic N) is 3. The number of nitriles is 1. The van der Waals surface area contributed by atoms with E-state index in [1.807, 2.05) is 13.0 Å². The van der Waals surface area contributed by atoms with Gasteiger partial charge in [-0.25, -0.2) is 9.97 Å². The van der Waals surface area contributed by atoms with Crippen molar-refractivity contribution in [1.29, 1.82) is 5.26 Å². The van der Waals surface area contributed by atoms with Crippen LogP contribution in [-0.2, 0) is 12.8 Å². The van der Waals surface area contributed by atoms with Gasteiger partial charge in [-0.3, -0.25) is 0 Å². The zero-order valence-corrected chi connectivity index (χ0v) is 6.33. The molecule has 0 atom stereocenters. The third-order valence-electron chi connectivity index (χ3n) is 1.28. The van der Waals surface area contributed by atoms with Gasteiger partial charge in [0, 0.05) is 12.3 Å². The molecule has 1 aromatic heterocycles. The minimum atomic E-state index is 0.279. The van der Waals surface area contributed by atoms with Crippen molar-refractivity contribution in [2.24, 2.45) is 0 Å². The molecule has 0 aromatic carbocycles. The van der Waals surface area contributed by atoms with Crippen LogP contribution in [0.15, 0.2) is 6.20 Å². The highest BCUT2D eigenvalue weighted by molar-refractivity contribution is 5.03. The molecule has 1 radical (unpaired) electrons. The van der Waals surface area contributed by atoms with E-state index in [-0.39, 0.29) is 6.42 Å². The molecule has 1 heterocycles. The predicted molar refractivity (Wildman–Crippen MR) is 39.6 cm³/mol. The standard InChI is InChI=1S/C8H8N3/c1-2-7-4-6-10-8(11-7)3-5-9/h6H,2-3H2,1H3. The molecule has 0 aliphatic rings. The van der Waals surface area contributed by atoms with E-state index in [0.29, 0.717) is 5.82 Å². The number of hydrogen-bond acceptors (Lipinski definition) is 3. The maximum absolute atomic E-state index is 8.34. The molecule has 0 N–H and O–H groups in total. The lowest BCUT2D eigenvalue weighted by atomic mass is 10.3. The van der Waals surface area contributed by atoms with Gasteiger partial charge in [-0.15, -0.1) is 0 Å². The van der Waals surface area contributed by atoms with Crippen LogP contribution in [0.5, 0.6) is 0 Å². The van der Waals surface area contributed by atoms with Gasteiger partial charge in [-0.05, 0) is 6.42 Å². The van der Waals surface area contributed by atoms with Crippen molar-refractivity contribution >= 4 is 0 Å². The summed E-state index contributed by atoms with van der Waals surface area (Å²) in [6, 6.07) is 4.88. The van der Waals surface area contributed by atoms with Crippen molar-refractivity contribution in [2.45, 2.75) is 19.8 Å². The predicted octanol–water partition coefficient (Wildman–Crippen LogP) is 0.905. The Morgan fingerprint density at radius 1 is 1.73 bits per heavy atom. The molecule has 55 valence electrons. The number of aromatic nitrogens is 2. The number of aryl methyl sites for hydroxylation is 1. The van der Waals surface area contributed by atoms with Gasteiger partial charge >= 0.3 is 0 Å². The normalized spacial score (nSPS) is 9.09. The Morgan fingerprint density at radius 3 is 3.18 bits per heavy atom. The molecule has 1 rings (SSSR count). The third-order valence-corrected chi connectivity index (χ3v) is 1.28. The molecule has 1 aromatic rings. The molecule has 0 spiro atoms. The van der Waals surface area contributed by atoms with Gasteiger partial charge in [-0.1, -0.05) is 6.92 Å². The summed E-state index contributed by atoms with van der Waals surface area (Å²) in [6.45, 7) is 2.00. The summed E-state index contributed by atoms with van der Waals surface area (Å²) in [7, 11) is 0. The molecular formula is C8H8N3. The quantitative estimate of drug-likeness (QED) is 0.623. The van der Waals surface area contributed by atoms with Crippen LogP contribution < -0.4 is 0 Å². The van der Waals surface area contributed by atoms with Crippen molar-refractivity contribution in [3.8, 4) is 6.07 Å². The van der Waals surface area contributed by atoms with E-state index < -0.39 is 0 Å². The van der Waals surface area contributed by atoms with E-state index in [4.69, 9.17) is 5.26 Å². The zero-order chi connectivity index (χ0) is 8.10. The fourth-order valence-electron chi connectivity index (χ4n) is 0.735. The molecule has 0 saturated carbocycles. The Hall–Kier alpha value is -1.43. The first-order chi connectivity index (χ1) is 5.36. The van der Waals surface area contributed by atoms with E-state index in [1.54, 1.807) is 6.20 Å². The lowest BCUT2D eigenvalue weighted by molar-refractivity contribution is 0.917. The summed E-state index contributed by atoms with van der Waals surface area (Å²) in [6.07, 6.45) is 2.68. The summed E-state index contributed by atoms with van der Waals surface area (Å²) in [5.41, 5.74) is 0.866. The molecule has 0 unspecified atom stereocenters. The summed E-state index contributed by atoms with van der Waals surface area (Å²) in [5.74, 6) is 0.586. The van der Waals surface area contributed by atoms with Gasteiger partial charge in [0.05, 0.1) is 18.2 Å². The second-order valence-electron chi connectivity index (χ2n) is 2.07. The van der Waals surface area contributed by atoms with Crippen LogP contribution in [0.2, 0.25) is 0 Å². The van der Waals surface area contributed by atoms with Crippen molar-refractivity contribution in [3.63, 3.8) is 0 Å². The lowest BCUT2D eigenvalue weighted by Gasteiger charge is -1.95. The molecule has 0 saturated heterocycles. The van der Waals surface area contributed by atoms with E-state index in [0.717, 1.165) is 12.1 Å². The van der Waals surface area contributed by atoms with Gasteiger partial charge in [0.25, 0.3) is 0 Å². The SMILES string of the molecule is CCc1[c]cnc(CC#N)n1. The summed E-state index contributed by atoms with van der Waals surface area (Å²) in [4.78, 5) is 7.98. The molecule has 0 aliphatic carbocycles.